The number of nitrogens with one attached hydrogen (secondary N) is 3. The number of methoxy groups -OCH3 is 2. The molecule has 0 aliphatic carbocycles. The predicted molar refractivity (Wildman–Crippen MR) is 122 cm³/mol. The Bertz CT molecular complexity index is 707. The molecule has 1 unspecified atom stereocenters. The van der Waals surface area contributed by atoms with E-state index >= 15 is 0 Å². The van der Waals surface area contributed by atoms with Crippen LogP contribution in [-0.2, 0) is 9.53 Å². The quantitative estimate of drug-likeness (QED) is 0.355. The molecule has 31 heavy (non-hydrogen) atoms. The Labute approximate surface area is 185 Å². The Hall–Kier alpha value is -2.52. The third kappa shape index (κ3) is 7.91. The van der Waals surface area contributed by atoms with E-state index in [0.717, 1.165) is 25.1 Å². The molecule has 0 saturated carbocycles. The van der Waals surface area contributed by atoms with Crippen LogP contribution >= 0.6 is 0 Å². The van der Waals surface area contributed by atoms with Gasteiger partial charge in [-0.25, -0.2) is 0 Å². The average molecular weight is 436 g/mol. The van der Waals surface area contributed by atoms with Crippen molar-refractivity contribution in [3.63, 3.8) is 0 Å². The highest BCUT2D eigenvalue weighted by Crippen LogP contribution is 2.32. The molecule has 0 spiro atoms. The Morgan fingerprint density at radius 2 is 1.87 bits per heavy atom. The van der Waals surface area contributed by atoms with E-state index in [1.807, 2.05) is 19.1 Å². The van der Waals surface area contributed by atoms with Gasteiger partial charge in [-0.3, -0.25) is 14.7 Å². The average Bonchev–Trinajstić information content (AvgIpc) is 2.82. The summed E-state index contributed by atoms with van der Waals surface area (Å²) >= 11 is 0. The van der Waals surface area contributed by atoms with Gasteiger partial charge in [-0.1, -0.05) is 13.0 Å². The molecule has 2 rings (SSSR count). The summed E-state index contributed by atoms with van der Waals surface area (Å²) in [6.07, 6.45) is 1.34. The molecule has 9 heteroatoms. The lowest BCUT2D eigenvalue weighted by atomic mass is 10.0. The molecule has 0 radical (unpaired) electrons. The van der Waals surface area contributed by atoms with E-state index in [9.17, 15) is 4.79 Å². The van der Waals surface area contributed by atoms with Crippen LogP contribution in [0.4, 0.5) is 0 Å². The summed E-state index contributed by atoms with van der Waals surface area (Å²) in [5.41, 5.74) is 1.13. The van der Waals surface area contributed by atoms with Crippen LogP contribution in [-0.4, -0.2) is 84.0 Å². The van der Waals surface area contributed by atoms with Crippen molar-refractivity contribution in [2.45, 2.75) is 25.8 Å². The minimum absolute atomic E-state index is 0.0429. The lowest BCUT2D eigenvalue weighted by molar-refractivity contribution is -0.120. The van der Waals surface area contributed by atoms with Crippen LogP contribution < -0.4 is 25.4 Å². The molecular formula is C22H37N5O4. The van der Waals surface area contributed by atoms with E-state index in [0.29, 0.717) is 56.7 Å². The fourth-order valence-corrected chi connectivity index (χ4v) is 3.47. The molecule has 3 N–H and O–H groups in total. The van der Waals surface area contributed by atoms with Crippen LogP contribution in [0.5, 0.6) is 11.5 Å². The van der Waals surface area contributed by atoms with Gasteiger partial charge < -0.3 is 30.2 Å². The number of nitrogens with zero attached hydrogens (tertiary/aromatic N) is 2. The highest BCUT2D eigenvalue weighted by Gasteiger charge is 2.24. The van der Waals surface area contributed by atoms with Crippen molar-refractivity contribution in [1.29, 1.82) is 0 Å². The molecule has 9 nitrogen and oxygen atoms in total. The SMILES string of the molecule is CCCNC(=O)CCNC(=NC)NCC(c1ccc(OC)c(OC)c1)N1CCOCC1. The van der Waals surface area contributed by atoms with E-state index in [2.05, 4.69) is 31.9 Å². The third-order valence-electron chi connectivity index (χ3n) is 5.18. The number of hydrogen-bond donors (Lipinski definition) is 3. The predicted octanol–water partition coefficient (Wildman–Crippen LogP) is 1.16. The maximum Gasteiger partial charge on any atom is 0.221 e. The van der Waals surface area contributed by atoms with Gasteiger partial charge in [0.2, 0.25) is 5.91 Å². The number of hydrogen-bond acceptors (Lipinski definition) is 6. The molecule has 1 aliphatic rings. The van der Waals surface area contributed by atoms with Crippen LogP contribution in [0, 0.1) is 0 Å². The molecule has 1 heterocycles. The number of guanidine groups is 1. The van der Waals surface area contributed by atoms with Crippen LogP contribution in [0.1, 0.15) is 31.4 Å². The summed E-state index contributed by atoms with van der Waals surface area (Å²) in [7, 11) is 5.01. The van der Waals surface area contributed by atoms with Crippen molar-refractivity contribution in [1.82, 2.24) is 20.9 Å². The second-order valence-electron chi connectivity index (χ2n) is 7.26. The maximum absolute atomic E-state index is 11.8. The van der Waals surface area contributed by atoms with E-state index in [4.69, 9.17) is 14.2 Å². The molecule has 0 aromatic heterocycles. The normalized spacial score (nSPS) is 15.8. The Morgan fingerprint density at radius 3 is 2.52 bits per heavy atom. The highest BCUT2D eigenvalue weighted by atomic mass is 16.5. The minimum atomic E-state index is 0.0429. The standard InChI is InChI=1S/C22H37N5O4/c1-5-9-24-21(28)8-10-25-22(23-2)26-16-18(27-11-13-31-14-12-27)17-6-7-19(29-3)20(15-17)30-4/h6-7,15,18H,5,8-14,16H2,1-4H3,(H,24,28)(H2,23,25,26). The number of morpholine rings is 1. The van der Waals surface area contributed by atoms with Gasteiger partial charge in [0.05, 0.1) is 33.5 Å². The zero-order valence-corrected chi connectivity index (χ0v) is 19.2. The molecule has 1 aromatic carbocycles. The van der Waals surface area contributed by atoms with Crippen LogP contribution in [0.2, 0.25) is 0 Å². The Morgan fingerprint density at radius 1 is 1.13 bits per heavy atom. The van der Waals surface area contributed by atoms with E-state index in [1.54, 1.807) is 21.3 Å². The van der Waals surface area contributed by atoms with Gasteiger partial charge in [-0.15, -0.1) is 0 Å². The van der Waals surface area contributed by atoms with Gasteiger partial charge in [0.25, 0.3) is 0 Å². The molecule has 1 saturated heterocycles. The largest absolute Gasteiger partial charge is 0.493 e. The number of benzene rings is 1. The first kappa shape index (κ1) is 24.7. The zero-order valence-electron chi connectivity index (χ0n) is 19.2. The molecule has 1 aliphatic heterocycles. The molecule has 0 bridgehead atoms. The van der Waals surface area contributed by atoms with Gasteiger partial charge in [0, 0.05) is 46.2 Å². The molecule has 1 fully saturated rings. The first-order valence-electron chi connectivity index (χ1n) is 10.9. The topological polar surface area (TPSA) is 96.5 Å². The molecule has 174 valence electrons. The van der Waals surface area contributed by atoms with Gasteiger partial charge in [0.1, 0.15) is 0 Å². The summed E-state index contributed by atoms with van der Waals surface area (Å²) in [5, 5.41) is 9.50. The number of carbonyl (C=O) groups is 1. The van der Waals surface area contributed by atoms with Crippen molar-refractivity contribution >= 4 is 11.9 Å². The van der Waals surface area contributed by atoms with Crippen molar-refractivity contribution in [2.75, 3.05) is 67.2 Å². The molecular weight excluding hydrogens is 398 g/mol. The van der Waals surface area contributed by atoms with Crippen molar-refractivity contribution in [2.24, 2.45) is 4.99 Å². The van der Waals surface area contributed by atoms with E-state index in [-0.39, 0.29) is 11.9 Å². The maximum atomic E-state index is 11.8. The molecule has 1 amide bonds. The summed E-state index contributed by atoms with van der Waals surface area (Å²) in [6, 6.07) is 6.13. The number of rotatable bonds is 11. The van der Waals surface area contributed by atoms with Crippen molar-refractivity contribution in [3.8, 4) is 11.5 Å². The first-order chi connectivity index (χ1) is 15.1. The second-order valence-corrected chi connectivity index (χ2v) is 7.26. The Balaban J connectivity index is 2.01. The molecule has 1 aromatic rings. The first-order valence-corrected chi connectivity index (χ1v) is 10.9. The van der Waals surface area contributed by atoms with Gasteiger partial charge in [-0.2, -0.15) is 0 Å². The fraction of sp³-hybridized carbons (Fsp3) is 0.636. The summed E-state index contributed by atoms with van der Waals surface area (Å²) < 4.78 is 16.4. The van der Waals surface area contributed by atoms with E-state index in [1.165, 1.54) is 0 Å². The zero-order chi connectivity index (χ0) is 22.5. The smallest absolute Gasteiger partial charge is 0.221 e. The Kier molecular flexibility index (Phi) is 10.9. The number of ether oxygens (including phenoxy) is 3. The summed E-state index contributed by atoms with van der Waals surface area (Å²) in [5.74, 6) is 2.13. The second kappa shape index (κ2) is 13.7. The monoisotopic (exact) mass is 435 g/mol. The van der Waals surface area contributed by atoms with Gasteiger partial charge in [0.15, 0.2) is 17.5 Å². The third-order valence-corrected chi connectivity index (χ3v) is 5.18. The molecule has 1 atom stereocenters. The van der Waals surface area contributed by atoms with E-state index < -0.39 is 0 Å². The summed E-state index contributed by atoms with van der Waals surface area (Å²) in [6.45, 7) is 7.04. The number of amides is 1. The van der Waals surface area contributed by atoms with Gasteiger partial charge in [-0.05, 0) is 24.1 Å². The van der Waals surface area contributed by atoms with Gasteiger partial charge >= 0.3 is 0 Å². The summed E-state index contributed by atoms with van der Waals surface area (Å²) in [4.78, 5) is 18.5. The fourth-order valence-electron chi connectivity index (χ4n) is 3.47. The minimum Gasteiger partial charge on any atom is -0.493 e. The number of carbonyl (C=O) groups excluding carboxylic acids is 1. The lowest BCUT2D eigenvalue weighted by Crippen LogP contribution is -2.46. The van der Waals surface area contributed by atoms with Crippen LogP contribution in [0.25, 0.3) is 0 Å². The highest BCUT2D eigenvalue weighted by molar-refractivity contribution is 5.81. The van der Waals surface area contributed by atoms with Crippen molar-refractivity contribution < 1.29 is 19.0 Å². The number of aliphatic imine (C=N–C) groups is 1. The lowest BCUT2D eigenvalue weighted by Gasteiger charge is -2.35. The van der Waals surface area contributed by atoms with Crippen molar-refractivity contribution in [3.05, 3.63) is 23.8 Å². The van der Waals surface area contributed by atoms with Crippen LogP contribution in [0.15, 0.2) is 23.2 Å². The van der Waals surface area contributed by atoms with Crippen LogP contribution in [0.3, 0.4) is 0 Å².